The Morgan fingerprint density at radius 2 is 2.33 bits per heavy atom. The van der Waals surface area contributed by atoms with Crippen LogP contribution in [0.3, 0.4) is 0 Å². The second-order valence-corrected chi connectivity index (χ2v) is 3.58. The first-order chi connectivity index (χ1) is 5.74. The molecule has 0 amide bonds. The monoisotopic (exact) mass is 248 g/mol. The van der Waals surface area contributed by atoms with E-state index in [1.807, 2.05) is 5.38 Å². The van der Waals surface area contributed by atoms with Crippen molar-refractivity contribution in [3.05, 3.63) is 27.7 Å². The minimum Gasteiger partial charge on any atom is -0.324 e. The lowest BCUT2D eigenvalue weighted by Crippen LogP contribution is -2.11. The van der Waals surface area contributed by atoms with Gasteiger partial charge in [0, 0.05) is 9.85 Å². The molecule has 0 saturated heterocycles. The van der Waals surface area contributed by atoms with Gasteiger partial charge in [0.1, 0.15) is 0 Å². The van der Waals surface area contributed by atoms with Crippen molar-refractivity contribution in [2.45, 2.75) is 6.92 Å². The lowest BCUT2D eigenvalue weighted by molar-refractivity contribution is 0.100. The summed E-state index contributed by atoms with van der Waals surface area (Å²) in [6, 6.07) is 1.78. The van der Waals surface area contributed by atoms with Gasteiger partial charge in [-0.1, -0.05) is 0 Å². The fourth-order valence-corrected chi connectivity index (χ4v) is 1.94. The van der Waals surface area contributed by atoms with E-state index in [-0.39, 0.29) is 12.3 Å². The van der Waals surface area contributed by atoms with Crippen LogP contribution in [0.15, 0.2) is 15.9 Å². The van der Waals surface area contributed by atoms with Gasteiger partial charge in [0.2, 0.25) is 0 Å². The summed E-state index contributed by atoms with van der Waals surface area (Å²) in [5.74, 6) is -0.00398. The SMILES string of the molecule is NCC(=O)c1cc(Br)cs1.[CH2+]C. The molecule has 12 heavy (non-hydrogen) atoms. The van der Waals surface area contributed by atoms with Crippen molar-refractivity contribution in [1.29, 1.82) is 0 Å². The van der Waals surface area contributed by atoms with Crippen molar-refractivity contribution in [1.82, 2.24) is 0 Å². The molecule has 0 aliphatic heterocycles. The third kappa shape index (κ3) is 3.38. The molecule has 0 fully saturated rings. The Morgan fingerprint density at radius 3 is 2.67 bits per heavy atom. The second-order valence-electron chi connectivity index (χ2n) is 1.76. The molecule has 0 bridgehead atoms. The highest BCUT2D eigenvalue weighted by atomic mass is 79.9. The fraction of sp³-hybridized carbons (Fsp3) is 0.250. The van der Waals surface area contributed by atoms with E-state index < -0.39 is 0 Å². The van der Waals surface area contributed by atoms with Gasteiger partial charge in [-0.25, -0.2) is 0 Å². The topological polar surface area (TPSA) is 43.1 Å². The zero-order chi connectivity index (χ0) is 9.56. The summed E-state index contributed by atoms with van der Waals surface area (Å²) in [6.45, 7) is 5.09. The molecule has 0 aliphatic carbocycles. The molecule has 0 aromatic carbocycles. The highest BCUT2D eigenvalue weighted by molar-refractivity contribution is 9.10. The smallest absolute Gasteiger partial charge is 0.186 e. The van der Waals surface area contributed by atoms with E-state index in [2.05, 4.69) is 22.9 Å². The molecule has 1 heterocycles. The van der Waals surface area contributed by atoms with E-state index in [0.717, 1.165) is 9.35 Å². The zero-order valence-electron chi connectivity index (χ0n) is 6.84. The first-order valence-electron chi connectivity index (χ1n) is 3.42. The summed E-state index contributed by atoms with van der Waals surface area (Å²) in [6.07, 6.45) is 0. The Hall–Kier alpha value is -0.320. The summed E-state index contributed by atoms with van der Waals surface area (Å²) >= 11 is 4.65. The first kappa shape index (κ1) is 11.7. The molecule has 0 atom stereocenters. The van der Waals surface area contributed by atoms with Gasteiger partial charge in [-0.2, -0.15) is 0 Å². The molecule has 1 rings (SSSR count). The molecule has 0 spiro atoms. The van der Waals surface area contributed by atoms with E-state index in [4.69, 9.17) is 5.73 Å². The van der Waals surface area contributed by atoms with Gasteiger partial charge in [-0.05, 0) is 22.0 Å². The molecule has 0 saturated carbocycles. The molecule has 2 N–H and O–H groups in total. The first-order valence-corrected chi connectivity index (χ1v) is 5.09. The summed E-state index contributed by atoms with van der Waals surface area (Å²) < 4.78 is 0.939. The Morgan fingerprint density at radius 1 is 1.75 bits per heavy atom. The highest BCUT2D eigenvalue weighted by Gasteiger charge is 2.04. The number of Topliss-reactive ketones (excluding diaryl/α,β-unsaturated/α-hetero) is 1. The summed E-state index contributed by atoms with van der Waals surface area (Å²) in [5.41, 5.74) is 5.16. The average Bonchev–Trinajstić information content (AvgIpc) is 2.54. The summed E-state index contributed by atoms with van der Waals surface area (Å²) in [4.78, 5) is 11.6. The highest BCUT2D eigenvalue weighted by Crippen LogP contribution is 2.19. The van der Waals surface area contributed by atoms with Crippen molar-refractivity contribution in [2.24, 2.45) is 5.73 Å². The van der Waals surface area contributed by atoms with Crippen molar-refractivity contribution in [3.8, 4) is 0 Å². The number of hydrogen-bond acceptors (Lipinski definition) is 3. The van der Waals surface area contributed by atoms with Crippen LogP contribution < -0.4 is 5.73 Å². The van der Waals surface area contributed by atoms with E-state index >= 15 is 0 Å². The fourth-order valence-electron chi connectivity index (χ4n) is 0.560. The number of carbonyl (C=O) groups excluding carboxylic acids is 1. The van der Waals surface area contributed by atoms with Crippen LogP contribution in [0.5, 0.6) is 0 Å². The van der Waals surface area contributed by atoms with Gasteiger partial charge >= 0.3 is 0 Å². The van der Waals surface area contributed by atoms with Crippen LogP contribution >= 0.6 is 27.3 Å². The van der Waals surface area contributed by atoms with Crippen LogP contribution in [0.25, 0.3) is 0 Å². The summed E-state index contributed by atoms with van der Waals surface area (Å²) in [7, 11) is 0. The van der Waals surface area contributed by atoms with Crippen molar-refractivity contribution in [2.75, 3.05) is 6.54 Å². The molecular formula is C8H11BrNOS+. The maximum atomic E-state index is 10.9. The molecule has 0 aliphatic rings. The molecule has 4 heteroatoms. The van der Waals surface area contributed by atoms with Crippen LogP contribution in [-0.4, -0.2) is 12.3 Å². The quantitative estimate of drug-likeness (QED) is 0.646. The van der Waals surface area contributed by atoms with Crippen LogP contribution in [0, 0.1) is 6.92 Å². The molecule has 1 aromatic heterocycles. The predicted octanol–water partition coefficient (Wildman–Crippen LogP) is 2.49. The standard InChI is InChI=1S/C6H6BrNOS.C2H5/c7-4-1-6(10-3-4)5(9)2-8;1-2/h1,3H,2,8H2;1H2,2H3/q;+1. The minimum atomic E-state index is -0.00398. The van der Waals surface area contributed by atoms with Crippen LogP contribution in [0.4, 0.5) is 0 Å². The molecule has 66 valence electrons. The maximum absolute atomic E-state index is 10.9. The van der Waals surface area contributed by atoms with Crippen molar-refractivity contribution in [3.63, 3.8) is 0 Å². The van der Waals surface area contributed by atoms with Gasteiger partial charge in [-0.15, -0.1) is 11.3 Å². The lowest BCUT2D eigenvalue weighted by Gasteiger charge is -1.87. The Labute approximate surface area is 84.9 Å². The minimum absolute atomic E-state index is 0.00398. The lowest BCUT2D eigenvalue weighted by atomic mass is 10.3. The van der Waals surface area contributed by atoms with Crippen molar-refractivity contribution >= 4 is 33.0 Å². The number of ketones is 1. The van der Waals surface area contributed by atoms with Gasteiger partial charge < -0.3 is 5.73 Å². The van der Waals surface area contributed by atoms with Gasteiger partial charge in [0.05, 0.1) is 25.3 Å². The Balaban J connectivity index is 0.000000561. The van der Waals surface area contributed by atoms with E-state index in [1.54, 1.807) is 13.0 Å². The number of hydrogen-bond donors (Lipinski definition) is 1. The van der Waals surface area contributed by atoms with Gasteiger partial charge in [0.15, 0.2) is 5.78 Å². The third-order valence-electron chi connectivity index (χ3n) is 1.03. The molecule has 0 unspecified atom stereocenters. The van der Waals surface area contributed by atoms with Gasteiger partial charge in [0.25, 0.3) is 0 Å². The van der Waals surface area contributed by atoms with Crippen molar-refractivity contribution < 1.29 is 4.79 Å². The van der Waals surface area contributed by atoms with Gasteiger partial charge in [-0.3, -0.25) is 4.79 Å². The normalized spacial score (nSPS) is 8.58. The molecular weight excluding hydrogens is 238 g/mol. The maximum Gasteiger partial charge on any atom is 0.186 e. The number of nitrogens with two attached hydrogens (primary N) is 1. The van der Waals surface area contributed by atoms with E-state index in [0.29, 0.717) is 0 Å². The van der Waals surface area contributed by atoms with Crippen LogP contribution in [0.2, 0.25) is 0 Å². The van der Waals surface area contributed by atoms with Crippen LogP contribution in [-0.2, 0) is 0 Å². The Bertz CT molecular complexity index is 247. The second kappa shape index (κ2) is 6.22. The summed E-state index contributed by atoms with van der Waals surface area (Å²) in [5, 5.41) is 1.86. The molecule has 0 radical (unpaired) electrons. The van der Waals surface area contributed by atoms with Crippen LogP contribution in [0.1, 0.15) is 16.6 Å². The molecule has 2 nitrogen and oxygen atoms in total. The number of thiophene rings is 1. The largest absolute Gasteiger partial charge is 0.324 e. The average molecular weight is 249 g/mol. The number of halogens is 1. The van der Waals surface area contributed by atoms with E-state index in [9.17, 15) is 4.79 Å². The number of rotatable bonds is 2. The number of carbonyl (C=O) groups is 1. The Kier molecular flexibility index (Phi) is 6.06. The third-order valence-corrected chi connectivity index (χ3v) is 2.76. The predicted molar refractivity (Wildman–Crippen MR) is 56.4 cm³/mol. The zero-order valence-corrected chi connectivity index (χ0v) is 9.24. The van der Waals surface area contributed by atoms with E-state index in [1.165, 1.54) is 11.3 Å². The molecule has 1 aromatic rings.